The Labute approximate surface area is 623 Å². The van der Waals surface area contributed by atoms with Gasteiger partial charge in [-0.2, -0.15) is 26.3 Å². The van der Waals surface area contributed by atoms with Gasteiger partial charge in [0.15, 0.2) is 0 Å². The van der Waals surface area contributed by atoms with Gasteiger partial charge >= 0.3 is 12.4 Å². The van der Waals surface area contributed by atoms with E-state index in [0.29, 0.717) is 38.5 Å². The Kier molecular flexibility index (Phi) is 30.7. The summed E-state index contributed by atoms with van der Waals surface area (Å²) in [5, 5.41) is 8.33. The van der Waals surface area contributed by atoms with Crippen LogP contribution in [-0.2, 0) is 62.3 Å². The number of nitrogens with zero attached hydrogens (tertiary/aromatic N) is 9. The molecular formula is C74H116F8N12O13. The lowest BCUT2D eigenvalue weighted by Crippen LogP contribution is -2.65. The van der Waals surface area contributed by atoms with Crippen LogP contribution in [0.5, 0.6) is 0 Å². The van der Waals surface area contributed by atoms with E-state index in [1.54, 1.807) is 20.8 Å². The van der Waals surface area contributed by atoms with Crippen molar-refractivity contribution in [2.75, 3.05) is 94.8 Å². The molecule has 3 aliphatic carbocycles. The summed E-state index contributed by atoms with van der Waals surface area (Å²) in [6.45, 7) is 9.04. The van der Waals surface area contributed by atoms with Crippen molar-refractivity contribution in [2.24, 2.45) is 41.4 Å². The molecule has 4 aliphatic heterocycles. The molecule has 7 fully saturated rings. The molecule has 7 rings (SSSR count). The summed E-state index contributed by atoms with van der Waals surface area (Å²) in [4.78, 5) is 191. The molecule has 0 radical (unpaired) electrons. The van der Waals surface area contributed by atoms with Crippen molar-refractivity contribution in [1.82, 2.24) is 60.0 Å². The SMILES string of the molecule is CC[C@H](C)[C@@H]1NC(=O)[C@H](CC(C)C)N(C)C(=O)C[C@@H](C(=O)N2CCOCC2)N(C)C(=O)[C@H](C2CCCC2)N(C)C(=O)[C@](C)(CC)NC(=O)[C@@H]2CCCN2C(=O)[C@H](CCC2CC(F)C(C(F)(F)F)C(F)C2)NC(=O)CN(C)C(=O)[C@H](CC2CCC(C(F)(F)F)CC2)N2CCCC[C@@H](C2=O)N(C)C(=O)CN(C)C1=O. The van der Waals surface area contributed by atoms with Crippen molar-refractivity contribution in [1.29, 1.82) is 0 Å². The van der Waals surface area contributed by atoms with Gasteiger partial charge in [-0.3, -0.25) is 57.5 Å². The number of carbonyl (C=O) groups is 12. The van der Waals surface area contributed by atoms with Gasteiger partial charge in [0.25, 0.3) is 0 Å². The normalized spacial score (nSPS) is 32.5. The van der Waals surface area contributed by atoms with Crippen LogP contribution in [0.25, 0.3) is 0 Å². The van der Waals surface area contributed by atoms with Crippen LogP contribution in [0.3, 0.4) is 0 Å². The number of morpholine rings is 1. The highest BCUT2D eigenvalue weighted by molar-refractivity contribution is 6.00. The molecule has 7 aliphatic rings. The monoisotopic (exact) mass is 1530 g/mol. The maximum absolute atomic E-state index is 15.6. The van der Waals surface area contributed by atoms with Gasteiger partial charge in [0.1, 0.15) is 72.1 Å². The Morgan fingerprint density at radius 1 is 0.579 bits per heavy atom. The largest absolute Gasteiger partial charge is 0.397 e. The molecule has 25 nitrogen and oxygen atoms in total. The molecule has 107 heavy (non-hydrogen) atoms. The highest BCUT2D eigenvalue weighted by Gasteiger charge is 2.55. The number of likely N-dealkylation sites (N-methyl/N-ethyl adjacent to an activating group) is 6. The molecule has 12 amide bonds. The third-order valence-corrected chi connectivity index (χ3v) is 24.0. The van der Waals surface area contributed by atoms with Gasteiger partial charge in [-0.25, -0.2) is 8.78 Å². The zero-order chi connectivity index (χ0) is 79.5. The van der Waals surface area contributed by atoms with Gasteiger partial charge in [-0.1, -0.05) is 53.9 Å². The molecule has 0 aromatic carbocycles. The number of amides is 12. The fourth-order valence-corrected chi connectivity index (χ4v) is 16.9. The first-order valence-corrected chi connectivity index (χ1v) is 38.5. The molecule has 0 spiro atoms. The standard InChI is InChI=1S/C74H116F8N12O13/c1-13-44(5)61-69(104)87(8)42-59(97)88(9)53-22-17-18-30-94(68(53)103)56(39-45-24-27-48(28-25-45)73(77,78)79)66(101)86(7)41-57(95)83-51(29-26-46-37-49(75)60(50(76)38-46)74(80,81)82)65(100)93-31-19-23-52(93)64(99)85-72(6,14-2)71(106)91(12)62(47-20-15-16-21-47)70(105)90(11)55(67(102)92-32-34-107-35-33-92)40-58(96)89(10)54(36-43(3)4)63(98)84-61/h43-56,60-62H,13-42H2,1-12H3,(H,83,95)(H,84,98)(H,85,99)/t44-,45?,46?,48?,49?,50?,51-,52-,53-,54-,55-,56-,60?,61-,62-,72-/m0/s1. The van der Waals surface area contributed by atoms with Crippen LogP contribution in [0.2, 0.25) is 0 Å². The van der Waals surface area contributed by atoms with Crippen molar-refractivity contribution in [3.63, 3.8) is 0 Å². The minimum Gasteiger partial charge on any atom is -0.378 e. The van der Waals surface area contributed by atoms with Gasteiger partial charge in [0.05, 0.1) is 38.6 Å². The average molecular weight is 1530 g/mol. The Hall–Kier alpha value is -6.96. The van der Waals surface area contributed by atoms with Crippen LogP contribution in [0.15, 0.2) is 0 Å². The van der Waals surface area contributed by atoms with E-state index in [1.807, 2.05) is 13.8 Å². The number of carbonyl (C=O) groups excluding carboxylic acids is 12. The van der Waals surface area contributed by atoms with Gasteiger partial charge in [0, 0.05) is 68.5 Å². The zero-order valence-corrected chi connectivity index (χ0v) is 64.4. The number of rotatable bonds is 12. The van der Waals surface area contributed by atoms with Crippen molar-refractivity contribution < 1.29 is 97.4 Å². The van der Waals surface area contributed by atoms with E-state index in [2.05, 4.69) is 16.0 Å². The first kappa shape index (κ1) is 87.3. The number of halogens is 8. The minimum absolute atomic E-state index is 0.00569. The Morgan fingerprint density at radius 3 is 1.75 bits per heavy atom. The number of fused-ring (bicyclic) bond motifs is 3. The summed E-state index contributed by atoms with van der Waals surface area (Å²) < 4.78 is 120. The molecule has 3 N–H and O–H groups in total. The van der Waals surface area contributed by atoms with E-state index < -0.39 is 224 Å². The molecule has 12 atom stereocenters. The molecule has 2 unspecified atom stereocenters. The molecular weight excluding hydrogens is 1420 g/mol. The fourth-order valence-electron chi connectivity index (χ4n) is 16.9. The van der Waals surface area contributed by atoms with Crippen LogP contribution < -0.4 is 16.0 Å². The number of alkyl halides is 8. The lowest BCUT2D eigenvalue weighted by atomic mass is 9.76. The van der Waals surface area contributed by atoms with E-state index in [4.69, 9.17) is 4.74 Å². The maximum Gasteiger partial charge on any atom is 0.397 e. The molecule has 606 valence electrons. The van der Waals surface area contributed by atoms with Crippen LogP contribution in [0.1, 0.15) is 183 Å². The van der Waals surface area contributed by atoms with Gasteiger partial charge < -0.3 is 64.8 Å². The predicted molar refractivity (Wildman–Crippen MR) is 377 cm³/mol. The van der Waals surface area contributed by atoms with Gasteiger partial charge in [0.2, 0.25) is 70.9 Å². The van der Waals surface area contributed by atoms with Crippen LogP contribution in [0, 0.1) is 41.4 Å². The molecule has 0 aromatic rings. The maximum atomic E-state index is 15.6. The number of hydrogen-bond acceptors (Lipinski definition) is 13. The predicted octanol–water partition coefficient (Wildman–Crippen LogP) is 6.19. The highest BCUT2D eigenvalue weighted by Crippen LogP contribution is 2.45. The Balaban J connectivity index is 1.30. The van der Waals surface area contributed by atoms with Crippen LogP contribution in [0.4, 0.5) is 35.1 Å². The molecule has 2 bridgehead atoms. The summed E-state index contributed by atoms with van der Waals surface area (Å²) in [7, 11) is 8.05. The lowest BCUT2D eigenvalue weighted by molar-refractivity contribution is -0.219. The number of ether oxygens (including phenoxy) is 1. The first-order chi connectivity index (χ1) is 50.1. The second-order valence-corrected chi connectivity index (χ2v) is 32.0. The average Bonchev–Trinajstić information content (AvgIpc) is 1.67. The van der Waals surface area contributed by atoms with Gasteiger partial charge in [-0.05, 0) is 152 Å². The van der Waals surface area contributed by atoms with Crippen molar-refractivity contribution >= 4 is 70.9 Å². The topological polar surface area (TPSA) is 279 Å². The zero-order valence-electron chi connectivity index (χ0n) is 64.4. The van der Waals surface area contributed by atoms with Gasteiger partial charge in [-0.15, -0.1) is 0 Å². The van der Waals surface area contributed by atoms with E-state index in [1.165, 1.54) is 68.8 Å². The van der Waals surface area contributed by atoms with Crippen molar-refractivity contribution in [2.45, 2.75) is 261 Å². The molecule has 0 aromatic heterocycles. The number of hydrogen-bond donors (Lipinski definition) is 3. The molecule has 33 heteroatoms. The van der Waals surface area contributed by atoms with E-state index in [-0.39, 0.29) is 122 Å². The smallest absolute Gasteiger partial charge is 0.378 e. The summed E-state index contributed by atoms with van der Waals surface area (Å²) in [6, 6.07) is -11.1. The van der Waals surface area contributed by atoms with Crippen LogP contribution >= 0.6 is 0 Å². The van der Waals surface area contributed by atoms with Crippen molar-refractivity contribution in [3.8, 4) is 0 Å². The number of nitrogens with one attached hydrogen (secondary N) is 3. The third-order valence-electron chi connectivity index (χ3n) is 24.0. The third kappa shape index (κ3) is 21.5. The molecule has 4 heterocycles. The molecule has 4 saturated heterocycles. The highest BCUT2D eigenvalue weighted by atomic mass is 19.4. The second kappa shape index (κ2) is 37.6. The Morgan fingerprint density at radius 2 is 1.17 bits per heavy atom. The van der Waals surface area contributed by atoms with E-state index in [9.17, 15) is 50.3 Å². The summed E-state index contributed by atoms with van der Waals surface area (Å²) >= 11 is 0. The minimum atomic E-state index is -5.20. The second-order valence-electron chi connectivity index (χ2n) is 32.0. The van der Waals surface area contributed by atoms with E-state index >= 15 is 42.3 Å². The first-order valence-electron chi connectivity index (χ1n) is 38.5. The summed E-state index contributed by atoms with van der Waals surface area (Å²) in [5.74, 6) is -16.7. The quantitative estimate of drug-likeness (QED) is 0.184. The van der Waals surface area contributed by atoms with Crippen molar-refractivity contribution in [3.05, 3.63) is 0 Å². The molecule has 3 saturated carbocycles. The Bertz CT molecular complexity index is 3140. The fraction of sp³-hybridized carbons (Fsp3) is 0.838. The van der Waals surface area contributed by atoms with Crippen LogP contribution in [-0.4, -0.2) is 288 Å². The summed E-state index contributed by atoms with van der Waals surface area (Å²) in [5.41, 5.74) is -1.82. The summed E-state index contributed by atoms with van der Waals surface area (Å²) in [6.07, 6.45) is -15.1. The lowest BCUT2D eigenvalue weighted by Gasteiger charge is -2.42. The van der Waals surface area contributed by atoms with E-state index in [0.717, 1.165) is 24.5 Å².